The summed E-state index contributed by atoms with van der Waals surface area (Å²) in [6, 6.07) is 11.2. The van der Waals surface area contributed by atoms with Crippen LogP contribution >= 0.6 is 0 Å². The van der Waals surface area contributed by atoms with Crippen molar-refractivity contribution in [2.24, 2.45) is 0 Å². The highest BCUT2D eigenvalue weighted by atomic mass is 16.6. The van der Waals surface area contributed by atoms with Gasteiger partial charge in [0.15, 0.2) is 0 Å². The van der Waals surface area contributed by atoms with Gasteiger partial charge in [0.05, 0.1) is 0 Å². The van der Waals surface area contributed by atoms with E-state index in [-0.39, 0.29) is 12.1 Å². The number of likely N-dealkylation sites (tertiary alicyclic amines) is 1. The van der Waals surface area contributed by atoms with Crippen LogP contribution in [0.2, 0.25) is 0 Å². The molecule has 4 heteroatoms. The minimum atomic E-state index is -0.449. The van der Waals surface area contributed by atoms with Crippen LogP contribution in [0, 0.1) is 0 Å². The van der Waals surface area contributed by atoms with Crippen molar-refractivity contribution in [1.82, 2.24) is 10.2 Å². The first-order valence-electron chi connectivity index (χ1n) is 8.11. The minimum absolute atomic E-state index is 0.162. The Morgan fingerprint density at radius 2 is 1.95 bits per heavy atom. The standard InChI is InChI=1S/C18H28N2O2/c1-14-10-11-16(19-17(21)22-18(2,3)4)13-20(14)12-15-8-6-5-7-9-15/h5-9,14,16H,10-13H2,1-4H3,(H,19,21)/t14-,16+/m1/s1. The Kier molecular flexibility index (Phi) is 5.46. The number of hydrogen-bond donors (Lipinski definition) is 1. The van der Waals surface area contributed by atoms with Crippen molar-refractivity contribution in [1.29, 1.82) is 0 Å². The summed E-state index contributed by atoms with van der Waals surface area (Å²) in [5.41, 5.74) is 0.864. The van der Waals surface area contributed by atoms with Crippen molar-refractivity contribution in [2.45, 2.75) is 64.8 Å². The van der Waals surface area contributed by atoms with E-state index >= 15 is 0 Å². The summed E-state index contributed by atoms with van der Waals surface area (Å²) < 4.78 is 5.35. The number of nitrogens with one attached hydrogen (secondary N) is 1. The van der Waals surface area contributed by atoms with Crippen LogP contribution in [0.25, 0.3) is 0 Å². The highest BCUT2D eigenvalue weighted by Crippen LogP contribution is 2.20. The van der Waals surface area contributed by atoms with Crippen LogP contribution in [-0.4, -0.2) is 35.2 Å². The Morgan fingerprint density at radius 1 is 1.27 bits per heavy atom. The zero-order chi connectivity index (χ0) is 16.2. The number of ether oxygens (including phenoxy) is 1. The lowest BCUT2D eigenvalue weighted by atomic mass is 9.98. The first-order chi connectivity index (χ1) is 10.3. The van der Waals surface area contributed by atoms with E-state index in [2.05, 4.69) is 41.4 Å². The van der Waals surface area contributed by atoms with Crippen LogP contribution in [0.3, 0.4) is 0 Å². The Bertz CT molecular complexity index is 482. The smallest absolute Gasteiger partial charge is 0.407 e. The minimum Gasteiger partial charge on any atom is -0.444 e. The molecule has 1 amide bonds. The lowest BCUT2D eigenvalue weighted by molar-refractivity contribution is 0.0443. The molecule has 1 fully saturated rings. The van der Waals surface area contributed by atoms with Crippen molar-refractivity contribution in [3.63, 3.8) is 0 Å². The number of rotatable bonds is 3. The first kappa shape index (κ1) is 16.8. The summed E-state index contributed by atoms with van der Waals surface area (Å²) in [5, 5.41) is 3.01. The summed E-state index contributed by atoms with van der Waals surface area (Å²) in [6.45, 7) is 9.71. The number of piperidine rings is 1. The largest absolute Gasteiger partial charge is 0.444 e. The summed E-state index contributed by atoms with van der Waals surface area (Å²) in [5.74, 6) is 0. The molecule has 122 valence electrons. The van der Waals surface area contributed by atoms with Crippen molar-refractivity contribution in [3.05, 3.63) is 35.9 Å². The lowest BCUT2D eigenvalue weighted by Gasteiger charge is -2.38. The molecule has 0 radical (unpaired) electrons. The van der Waals surface area contributed by atoms with E-state index in [1.165, 1.54) is 5.56 Å². The van der Waals surface area contributed by atoms with Crippen LogP contribution < -0.4 is 5.32 Å². The van der Waals surface area contributed by atoms with Crippen molar-refractivity contribution < 1.29 is 9.53 Å². The predicted molar refractivity (Wildman–Crippen MR) is 88.7 cm³/mol. The number of carbonyl (C=O) groups excluding carboxylic acids is 1. The van der Waals surface area contributed by atoms with Gasteiger partial charge in [0, 0.05) is 25.2 Å². The highest BCUT2D eigenvalue weighted by Gasteiger charge is 2.27. The third-order valence-corrected chi connectivity index (χ3v) is 3.96. The second kappa shape index (κ2) is 7.14. The van der Waals surface area contributed by atoms with Gasteiger partial charge in [0.1, 0.15) is 5.60 Å². The van der Waals surface area contributed by atoms with E-state index in [9.17, 15) is 4.79 Å². The molecule has 1 saturated heterocycles. The van der Waals surface area contributed by atoms with Gasteiger partial charge in [0.25, 0.3) is 0 Å². The maximum absolute atomic E-state index is 11.9. The molecule has 0 unspecified atom stereocenters. The van der Waals surface area contributed by atoms with Gasteiger partial charge < -0.3 is 10.1 Å². The molecule has 1 aromatic carbocycles. The summed E-state index contributed by atoms with van der Waals surface area (Å²) in [4.78, 5) is 14.4. The zero-order valence-electron chi connectivity index (χ0n) is 14.1. The fourth-order valence-corrected chi connectivity index (χ4v) is 2.81. The summed E-state index contributed by atoms with van der Waals surface area (Å²) in [6.07, 6.45) is 1.78. The molecule has 0 spiro atoms. The molecular weight excluding hydrogens is 276 g/mol. The van der Waals surface area contributed by atoms with Crippen molar-refractivity contribution in [3.8, 4) is 0 Å². The lowest BCUT2D eigenvalue weighted by Crippen LogP contribution is -2.51. The number of hydrogen-bond acceptors (Lipinski definition) is 3. The summed E-state index contributed by atoms with van der Waals surface area (Å²) in [7, 11) is 0. The first-order valence-corrected chi connectivity index (χ1v) is 8.11. The number of alkyl carbamates (subject to hydrolysis) is 1. The van der Waals surface area contributed by atoms with Gasteiger partial charge in [-0.25, -0.2) is 4.79 Å². The van der Waals surface area contributed by atoms with Gasteiger partial charge in [-0.1, -0.05) is 30.3 Å². The van der Waals surface area contributed by atoms with Gasteiger partial charge in [-0.2, -0.15) is 0 Å². The van der Waals surface area contributed by atoms with Gasteiger partial charge in [-0.3, -0.25) is 4.90 Å². The molecule has 0 aromatic heterocycles. The molecule has 0 aliphatic carbocycles. The van der Waals surface area contributed by atoms with Gasteiger partial charge in [-0.15, -0.1) is 0 Å². The molecule has 1 aliphatic heterocycles. The summed E-state index contributed by atoms with van der Waals surface area (Å²) >= 11 is 0. The van der Waals surface area contributed by atoms with Crippen molar-refractivity contribution >= 4 is 6.09 Å². The number of carbonyl (C=O) groups is 1. The van der Waals surface area contributed by atoms with E-state index in [4.69, 9.17) is 4.74 Å². The third-order valence-electron chi connectivity index (χ3n) is 3.96. The molecule has 1 heterocycles. The Balaban J connectivity index is 1.89. The van der Waals surface area contributed by atoms with Crippen LogP contribution in [0.4, 0.5) is 4.79 Å². The van der Waals surface area contributed by atoms with E-state index in [1.54, 1.807) is 0 Å². The van der Waals surface area contributed by atoms with E-state index in [0.717, 1.165) is 25.9 Å². The Hall–Kier alpha value is -1.55. The number of amides is 1. The average molecular weight is 304 g/mol. The fraction of sp³-hybridized carbons (Fsp3) is 0.611. The number of nitrogens with zero attached hydrogens (tertiary/aromatic N) is 1. The topological polar surface area (TPSA) is 41.6 Å². The molecule has 2 rings (SSSR count). The zero-order valence-corrected chi connectivity index (χ0v) is 14.1. The maximum Gasteiger partial charge on any atom is 0.407 e. The second-order valence-corrected chi connectivity index (χ2v) is 7.18. The van der Waals surface area contributed by atoms with E-state index in [1.807, 2.05) is 26.8 Å². The monoisotopic (exact) mass is 304 g/mol. The van der Waals surface area contributed by atoms with Crippen molar-refractivity contribution in [2.75, 3.05) is 6.54 Å². The predicted octanol–water partition coefficient (Wildman–Crippen LogP) is 3.56. The highest BCUT2D eigenvalue weighted by molar-refractivity contribution is 5.68. The normalized spacial score (nSPS) is 23.1. The van der Waals surface area contributed by atoms with Gasteiger partial charge in [0.2, 0.25) is 0 Å². The Labute approximate surface area is 133 Å². The van der Waals surface area contributed by atoms with Crippen LogP contribution in [0.5, 0.6) is 0 Å². The molecular formula is C18H28N2O2. The average Bonchev–Trinajstić information content (AvgIpc) is 2.41. The van der Waals surface area contributed by atoms with Crippen LogP contribution in [-0.2, 0) is 11.3 Å². The quantitative estimate of drug-likeness (QED) is 0.928. The third kappa shape index (κ3) is 5.34. The molecule has 2 atom stereocenters. The van der Waals surface area contributed by atoms with E-state index in [0.29, 0.717) is 6.04 Å². The molecule has 0 saturated carbocycles. The maximum atomic E-state index is 11.9. The van der Waals surface area contributed by atoms with Crippen LogP contribution in [0.15, 0.2) is 30.3 Å². The molecule has 1 aromatic rings. The van der Waals surface area contributed by atoms with E-state index < -0.39 is 5.60 Å². The Morgan fingerprint density at radius 3 is 2.59 bits per heavy atom. The molecule has 1 N–H and O–H groups in total. The molecule has 1 aliphatic rings. The van der Waals surface area contributed by atoms with Gasteiger partial charge in [-0.05, 0) is 46.1 Å². The fourth-order valence-electron chi connectivity index (χ4n) is 2.81. The molecule has 22 heavy (non-hydrogen) atoms. The SMILES string of the molecule is C[C@@H]1CC[C@H](NC(=O)OC(C)(C)C)CN1Cc1ccccc1. The van der Waals surface area contributed by atoms with Gasteiger partial charge >= 0.3 is 6.09 Å². The molecule has 0 bridgehead atoms. The second-order valence-electron chi connectivity index (χ2n) is 7.18. The number of benzene rings is 1. The molecule has 4 nitrogen and oxygen atoms in total. The van der Waals surface area contributed by atoms with Crippen LogP contribution in [0.1, 0.15) is 46.1 Å².